The molecule has 0 spiro atoms. The number of rotatable bonds is 3. The number of ether oxygens (including phenoxy) is 1. The van der Waals surface area contributed by atoms with E-state index in [1.807, 2.05) is 12.1 Å². The minimum atomic E-state index is -0.188. The van der Waals surface area contributed by atoms with Crippen molar-refractivity contribution < 1.29 is 9.13 Å². The van der Waals surface area contributed by atoms with Crippen molar-refractivity contribution in [3.8, 4) is 5.75 Å². The van der Waals surface area contributed by atoms with E-state index in [-0.39, 0.29) is 5.82 Å². The van der Waals surface area contributed by atoms with Crippen LogP contribution in [0.25, 0.3) is 0 Å². The molecule has 1 aliphatic heterocycles. The van der Waals surface area contributed by atoms with Gasteiger partial charge in [0.25, 0.3) is 0 Å². The van der Waals surface area contributed by atoms with Gasteiger partial charge in [0.15, 0.2) is 0 Å². The van der Waals surface area contributed by atoms with Crippen LogP contribution in [0.4, 0.5) is 4.39 Å². The Morgan fingerprint density at radius 2 is 2.00 bits per heavy atom. The number of hydrogen-bond acceptors (Lipinski definition) is 3. The molecule has 0 bridgehead atoms. The third kappa shape index (κ3) is 2.82. The fourth-order valence-electron chi connectivity index (χ4n) is 2.46. The quantitative estimate of drug-likeness (QED) is 0.890. The van der Waals surface area contributed by atoms with Crippen LogP contribution in [-0.4, -0.2) is 37.2 Å². The first-order chi connectivity index (χ1) is 8.61. The first kappa shape index (κ1) is 13.3. The molecule has 1 aromatic carbocycles. The first-order valence-corrected chi connectivity index (χ1v) is 6.40. The molecule has 2 atom stereocenters. The topological polar surface area (TPSA) is 24.5 Å². The second-order valence-electron chi connectivity index (χ2n) is 4.99. The normalized spacial score (nSPS) is 25.1. The van der Waals surface area contributed by atoms with Crippen molar-refractivity contribution in [3.63, 3.8) is 0 Å². The van der Waals surface area contributed by atoms with Crippen molar-refractivity contribution in [1.29, 1.82) is 0 Å². The van der Waals surface area contributed by atoms with Crippen LogP contribution < -0.4 is 10.1 Å². The lowest BCUT2D eigenvalue weighted by Gasteiger charge is -2.39. The summed E-state index contributed by atoms with van der Waals surface area (Å²) in [5.74, 6) is 0.380. The number of benzene rings is 1. The maximum absolute atomic E-state index is 13.9. The van der Waals surface area contributed by atoms with E-state index in [1.165, 1.54) is 6.07 Å². The summed E-state index contributed by atoms with van der Waals surface area (Å²) in [5, 5.41) is 3.38. The van der Waals surface area contributed by atoms with E-state index in [0.717, 1.165) is 18.7 Å². The third-order valence-electron chi connectivity index (χ3n) is 3.62. The molecule has 0 saturated carbocycles. The number of halogens is 1. The van der Waals surface area contributed by atoms with E-state index < -0.39 is 0 Å². The van der Waals surface area contributed by atoms with Crippen LogP contribution in [0.15, 0.2) is 18.2 Å². The monoisotopic (exact) mass is 252 g/mol. The van der Waals surface area contributed by atoms with E-state index in [0.29, 0.717) is 24.4 Å². The molecule has 1 N–H and O–H groups in total. The molecule has 0 aliphatic carbocycles. The van der Waals surface area contributed by atoms with Gasteiger partial charge in [-0.05, 0) is 19.9 Å². The Morgan fingerprint density at radius 3 is 2.56 bits per heavy atom. The van der Waals surface area contributed by atoms with Crippen LogP contribution in [0.3, 0.4) is 0 Å². The largest absolute Gasteiger partial charge is 0.497 e. The van der Waals surface area contributed by atoms with Gasteiger partial charge >= 0.3 is 0 Å². The highest BCUT2D eigenvalue weighted by Crippen LogP contribution is 2.20. The van der Waals surface area contributed by atoms with Gasteiger partial charge in [0.1, 0.15) is 11.6 Å². The summed E-state index contributed by atoms with van der Waals surface area (Å²) >= 11 is 0. The summed E-state index contributed by atoms with van der Waals surface area (Å²) in [6.07, 6.45) is 0. The Hall–Kier alpha value is -1.13. The maximum Gasteiger partial charge on any atom is 0.131 e. The van der Waals surface area contributed by atoms with Gasteiger partial charge in [0.2, 0.25) is 0 Å². The SMILES string of the molecule is COc1ccc(CN2C(C)CNCC2C)c(F)c1. The third-order valence-corrected chi connectivity index (χ3v) is 3.62. The summed E-state index contributed by atoms with van der Waals surface area (Å²) in [5.41, 5.74) is 0.733. The summed E-state index contributed by atoms with van der Waals surface area (Å²) in [7, 11) is 1.55. The molecule has 0 radical (unpaired) electrons. The Balaban J connectivity index is 2.12. The average molecular weight is 252 g/mol. The predicted molar refractivity (Wildman–Crippen MR) is 70.3 cm³/mol. The highest BCUT2D eigenvalue weighted by Gasteiger charge is 2.25. The van der Waals surface area contributed by atoms with Crippen LogP contribution >= 0.6 is 0 Å². The van der Waals surface area contributed by atoms with Gasteiger partial charge < -0.3 is 10.1 Å². The lowest BCUT2D eigenvalue weighted by molar-refractivity contribution is 0.107. The van der Waals surface area contributed by atoms with E-state index >= 15 is 0 Å². The molecule has 1 aromatic rings. The van der Waals surface area contributed by atoms with Gasteiger partial charge in [-0.3, -0.25) is 4.90 Å². The molecule has 0 amide bonds. The second-order valence-corrected chi connectivity index (χ2v) is 4.99. The Bertz CT molecular complexity index is 401. The van der Waals surface area contributed by atoms with Crippen molar-refractivity contribution in [2.75, 3.05) is 20.2 Å². The van der Waals surface area contributed by atoms with Crippen LogP contribution in [-0.2, 0) is 6.54 Å². The van der Waals surface area contributed by atoms with Gasteiger partial charge in [-0.1, -0.05) is 6.07 Å². The number of methoxy groups -OCH3 is 1. The highest BCUT2D eigenvalue weighted by molar-refractivity contribution is 5.29. The van der Waals surface area contributed by atoms with Crippen molar-refractivity contribution in [1.82, 2.24) is 10.2 Å². The molecule has 1 heterocycles. The molecule has 3 nitrogen and oxygen atoms in total. The van der Waals surface area contributed by atoms with E-state index in [9.17, 15) is 4.39 Å². The minimum Gasteiger partial charge on any atom is -0.497 e. The number of nitrogens with zero attached hydrogens (tertiary/aromatic N) is 1. The van der Waals surface area contributed by atoms with Crippen molar-refractivity contribution in [2.45, 2.75) is 32.5 Å². The molecule has 100 valence electrons. The minimum absolute atomic E-state index is 0.188. The summed E-state index contributed by atoms with van der Waals surface area (Å²) < 4.78 is 18.9. The van der Waals surface area contributed by atoms with Crippen LogP contribution in [0.2, 0.25) is 0 Å². The lowest BCUT2D eigenvalue weighted by atomic mass is 10.1. The van der Waals surface area contributed by atoms with E-state index in [1.54, 1.807) is 7.11 Å². The maximum atomic E-state index is 13.9. The molecule has 1 aliphatic rings. The summed E-state index contributed by atoms with van der Waals surface area (Å²) in [6, 6.07) is 5.93. The smallest absolute Gasteiger partial charge is 0.131 e. The summed E-state index contributed by atoms with van der Waals surface area (Å²) in [4.78, 5) is 2.33. The molecule has 18 heavy (non-hydrogen) atoms. The van der Waals surface area contributed by atoms with Crippen molar-refractivity contribution in [2.24, 2.45) is 0 Å². The van der Waals surface area contributed by atoms with Gasteiger partial charge in [-0.25, -0.2) is 4.39 Å². The van der Waals surface area contributed by atoms with Crippen LogP contribution in [0, 0.1) is 5.82 Å². The summed E-state index contributed by atoms with van der Waals surface area (Å²) in [6.45, 7) is 6.91. The van der Waals surface area contributed by atoms with Crippen LogP contribution in [0.5, 0.6) is 5.75 Å². The molecule has 0 aromatic heterocycles. The Labute approximate surface area is 108 Å². The zero-order valence-electron chi connectivity index (χ0n) is 11.2. The molecule has 1 saturated heterocycles. The fraction of sp³-hybridized carbons (Fsp3) is 0.571. The predicted octanol–water partition coefficient (Wildman–Crippen LogP) is 2.02. The van der Waals surface area contributed by atoms with Gasteiger partial charge in [-0.15, -0.1) is 0 Å². The molecule has 2 rings (SSSR count). The number of piperazine rings is 1. The van der Waals surface area contributed by atoms with E-state index in [4.69, 9.17) is 4.74 Å². The van der Waals surface area contributed by atoms with Crippen molar-refractivity contribution >= 4 is 0 Å². The zero-order chi connectivity index (χ0) is 13.1. The molecule has 4 heteroatoms. The van der Waals surface area contributed by atoms with E-state index in [2.05, 4.69) is 24.1 Å². The Kier molecular flexibility index (Phi) is 4.19. The average Bonchev–Trinajstić information content (AvgIpc) is 2.35. The lowest BCUT2D eigenvalue weighted by Crippen LogP contribution is -2.54. The first-order valence-electron chi connectivity index (χ1n) is 6.40. The molecular weight excluding hydrogens is 231 g/mol. The second kappa shape index (κ2) is 5.67. The molecular formula is C14H21FN2O. The highest BCUT2D eigenvalue weighted by atomic mass is 19.1. The van der Waals surface area contributed by atoms with Crippen molar-refractivity contribution in [3.05, 3.63) is 29.6 Å². The van der Waals surface area contributed by atoms with Crippen LogP contribution in [0.1, 0.15) is 19.4 Å². The molecule has 1 fully saturated rings. The standard InChI is InChI=1S/C14H21FN2O/c1-10-7-16-8-11(2)17(10)9-12-4-5-13(18-3)6-14(12)15/h4-6,10-11,16H,7-9H2,1-3H3. The van der Waals surface area contributed by atoms with Gasteiger partial charge in [0.05, 0.1) is 7.11 Å². The zero-order valence-corrected chi connectivity index (χ0v) is 11.2. The Morgan fingerprint density at radius 1 is 1.33 bits per heavy atom. The molecule has 2 unspecified atom stereocenters. The number of hydrogen-bond donors (Lipinski definition) is 1. The van der Waals surface area contributed by atoms with Gasteiger partial charge in [-0.2, -0.15) is 0 Å². The fourth-order valence-corrected chi connectivity index (χ4v) is 2.46. The number of nitrogens with one attached hydrogen (secondary N) is 1. The van der Waals surface area contributed by atoms with Gasteiger partial charge in [0, 0.05) is 43.3 Å².